The summed E-state index contributed by atoms with van der Waals surface area (Å²) in [5, 5.41) is -0.353. The molecule has 0 heterocycles. The van der Waals surface area contributed by atoms with Crippen LogP contribution in [0.25, 0.3) is 0 Å². The number of nitrogens with two attached hydrogens (primary N) is 2. The molecule has 2 nitrogen and oxygen atoms in total. The smallest absolute Gasteiger partial charge is 0.0366 e. The number of alkyl halides is 4. The quantitative estimate of drug-likeness (QED) is 0.593. The van der Waals surface area contributed by atoms with Crippen LogP contribution in [0, 0.1) is 0 Å². The Labute approximate surface area is 143 Å². The van der Waals surface area contributed by atoms with Crippen LogP contribution < -0.4 is 11.5 Å². The lowest BCUT2D eigenvalue weighted by Crippen LogP contribution is -2.68. The lowest BCUT2D eigenvalue weighted by atomic mass is 9.67. The van der Waals surface area contributed by atoms with Crippen LogP contribution in [0.2, 0.25) is 0 Å². The maximum atomic E-state index is 6.66. The Morgan fingerprint density at radius 3 is 0.850 bits per heavy atom. The highest BCUT2D eigenvalue weighted by atomic mass is 35.5. The van der Waals surface area contributed by atoms with Gasteiger partial charge in [-0.2, -0.15) is 0 Å². The average molecular weight is 366 g/mol. The monoisotopic (exact) mass is 364 g/mol. The topological polar surface area (TPSA) is 52.0 Å². The minimum absolute atomic E-state index is 0.0883. The van der Waals surface area contributed by atoms with Crippen LogP contribution in [0.5, 0.6) is 0 Å². The Bertz CT molecular complexity index is 232. The highest BCUT2D eigenvalue weighted by Crippen LogP contribution is 2.38. The van der Waals surface area contributed by atoms with Crippen LogP contribution >= 0.6 is 46.4 Å². The largest absolute Gasteiger partial charge is 0.323 e. The predicted molar refractivity (Wildman–Crippen MR) is 93.6 cm³/mol. The van der Waals surface area contributed by atoms with Crippen LogP contribution in [0.3, 0.4) is 0 Å². The van der Waals surface area contributed by atoms with Crippen molar-refractivity contribution in [1.82, 2.24) is 0 Å². The van der Waals surface area contributed by atoms with Gasteiger partial charge in [-0.3, -0.25) is 0 Å². The highest BCUT2D eigenvalue weighted by molar-refractivity contribution is 6.21. The van der Waals surface area contributed by atoms with Gasteiger partial charge in [0.15, 0.2) is 0 Å². The Balaban J connectivity index is 5.47. The van der Waals surface area contributed by atoms with E-state index < -0.39 is 11.1 Å². The molecule has 0 aromatic carbocycles. The SMILES string of the molecule is CC(Cl)CC(N)(CC(C)Cl)C(N)(CC(C)Cl)CC(C)Cl. The van der Waals surface area contributed by atoms with Crippen molar-refractivity contribution in [3.8, 4) is 0 Å². The lowest BCUT2D eigenvalue weighted by molar-refractivity contribution is 0.164. The van der Waals surface area contributed by atoms with Crippen molar-refractivity contribution in [2.45, 2.75) is 86.0 Å². The van der Waals surface area contributed by atoms with Gasteiger partial charge in [0.1, 0.15) is 0 Å². The van der Waals surface area contributed by atoms with E-state index >= 15 is 0 Å². The van der Waals surface area contributed by atoms with E-state index in [1.54, 1.807) is 0 Å². The predicted octanol–water partition coefficient (Wildman–Crippen LogP) is 4.45. The van der Waals surface area contributed by atoms with E-state index in [1.807, 2.05) is 27.7 Å². The fraction of sp³-hybridized carbons (Fsp3) is 1.00. The maximum absolute atomic E-state index is 6.66. The van der Waals surface area contributed by atoms with Crippen LogP contribution in [-0.2, 0) is 0 Å². The van der Waals surface area contributed by atoms with Gasteiger partial charge >= 0.3 is 0 Å². The van der Waals surface area contributed by atoms with E-state index in [-0.39, 0.29) is 21.5 Å². The van der Waals surface area contributed by atoms with Gasteiger partial charge in [-0.15, -0.1) is 46.4 Å². The Hall–Kier alpha value is 1.08. The summed E-state index contributed by atoms with van der Waals surface area (Å²) in [4.78, 5) is 0. The molecule has 4 N–H and O–H groups in total. The van der Waals surface area contributed by atoms with Crippen molar-refractivity contribution in [2.75, 3.05) is 0 Å². The molecule has 0 aromatic rings. The second-order valence-electron chi connectivity index (χ2n) is 6.25. The van der Waals surface area contributed by atoms with Crippen molar-refractivity contribution in [2.24, 2.45) is 11.5 Å². The molecule has 0 rings (SSSR count). The Morgan fingerprint density at radius 1 is 0.600 bits per heavy atom. The zero-order valence-corrected chi connectivity index (χ0v) is 15.8. The molecule has 0 aromatic heterocycles. The normalized spacial score (nSPS) is 24.3. The average Bonchev–Trinajstić information content (AvgIpc) is 2.10. The molecule has 4 atom stereocenters. The molecule has 0 spiro atoms. The molecule has 0 saturated heterocycles. The van der Waals surface area contributed by atoms with Gasteiger partial charge in [0, 0.05) is 32.6 Å². The van der Waals surface area contributed by atoms with Crippen molar-refractivity contribution in [3.05, 3.63) is 0 Å². The molecule has 0 bridgehead atoms. The Morgan fingerprint density at radius 2 is 0.750 bits per heavy atom. The fourth-order valence-corrected chi connectivity index (χ4v) is 4.09. The summed E-state index contributed by atoms with van der Waals surface area (Å²) in [5.41, 5.74) is 11.9. The second kappa shape index (κ2) is 8.64. The third-order valence-electron chi connectivity index (χ3n) is 3.57. The van der Waals surface area contributed by atoms with Gasteiger partial charge in [0.2, 0.25) is 0 Å². The van der Waals surface area contributed by atoms with Gasteiger partial charge in [-0.25, -0.2) is 0 Å². The summed E-state index contributed by atoms with van der Waals surface area (Å²) in [7, 11) is 0. The third-order valence-corrected chi connectivity index (χ3v) is 4.19. The minimum atomic E-state index is -0.693. The number of halogens is 4. The number of hydrogen-bond donors (Lipinski definition) is 2. The van der Waals surface area contributed by atoms with E-state index in [0.29, 0.717) is 25.7 Å². The highest BCUT2D eigenvalue weighted by Gasteiger charge is 2.47. The Kier molecular flexibility index (Phi) is 9.11. The van der Waals surface area contributed by atoms with Crippen LogP contribution in [-0.4, -0.2) is 32.6 Å². The molecule has 6 heteroatoms. The van der Waals surface area contributed by atoms with Crippen molar-refractivity contribution in [1.29, 1.82) is 0 Å². The zero-order chi connectivity index (χ0) is 16.1. The first-order valence-electron chi connectivity index (χ1n) is 7.06. The summed E-state index contributed by atoms with van der Waals surface area (Å²) in [6.45, 7) is 7.65. The van der Waals surface area contributed by atoms with Gasteiger partial charge < -0.3 is 11.5 Å². The summed E-state index contributed by atoms with van der Waals surface area (Å²) in [6, 6.07) is 0. The van der Waals surface area contributed by atoms with Crippen LogP contribution in [0.4, 0.5) is 0 Å². The van der Waals surface area contributed by atoms with E-state index in [9.17, 15) is 0 Å². The fourth-order valence-electron chi connectivity index (χ4n) is 2.99. The molecular formula is C14H28Cl4N2. The van der Waals surface area contributed by atoms with E-state index in [4.69, 9.17) is 57.9 Å². The molecule has 0 amide bonds. The molecule has 0 aliphatic carbocycles. The lowest BCUT2D eigenvalue weighted by Gasteiger charge is -2.49. The van der Waals surface area contributed by atoms with Crippen molar-refractivity contribution >= 4 is 46.4 Å². The molecule has 0 aliphatic rings. The van der Waals surface area contributed by atoms with E-state index in [1.165, 1.54) is 0 Å². The standard InChI is InChI=1S/C14H28Cl4N2/c1-9(15)5-13(19,6-10(2)16)14(20,7-11(3)17)8-12(4)18/h9-12H,5-8,19-20H2,1-4H3. The molecule has 0 fully saturated rings. The van der Waals surface area contributed by atoms with Crippen LogP contribution in [0.1, 0.15) is 53.4 Å². The maximum Gasteiger partial charge on any atom is 0.0366 e. The van der Waals surface area contributed by atoms with Gasteiger partial charge in [0.25, 0.3) is 0 Å². The molecule has 0 aliphatic heterocycles. The summed E-state index contributed by atoms with van der Waals surface area (Å²) < 4.78 is 0. The van der Waals surface area contributed by atoms with Gasteiger partial charge in [0.05, 0.1) is 0 Å². The minimum Gasteiger partial charge on any atom is -0.323 e. The summed E-state index contributed by atoms with van der Waals surface area (Å²) >= 11 is 24.7. The molecule has 122 valence electrons. The van der Waals surface area contributed by atoms with Crippen LogP contribution in [0.15, 0.2) is 0 Å². The third kappa shape index (κ3) is 6.89. The summed E-state index contributed by atoms with van der Waals surface area (Å²) in [5.74, 6) is 0. The number of rotatable bonds is 9. The van der Waals surface area contributed by atoms with E-state index in [2.05, 4.69) is 0 Å². The summed E-state index contributed by atoms with van der Waals surface area (Å²) in [6.07, 6.45) is 2.31. The first kappa shape index (κ1) is 21.1. The second-order valence-corrected chi connectivity index (χ2v) is 9.23. The first-order valence-corrected chi connectivity index (χ1v) is 8.80. The molecular weight excluding hydrogens is 338 g/mol. The first-order chi connectivity index (χ1) is 8.92. The molecule has 0 radical (unpaired) electrons. The van der Waals surface area contributed by atoms with Gasteiger partial charge in [-0.1, -0.05) is 0 Å². The molecule has 0 saturated carbocycles. The molecule has 20 heavy (non-hydrogen) atoms. The number of hydrogen-bond acceptors (Lipinski definition) is 2. The van der Waals surface area contributed by atoms with Crippen molar-refractivity contribution in [3.63, 3.8) is 0 Å². The molecule has 4 unspecified atom stereocenters. The van der Waals surface area contributed by atoms with E-state index in [0.717, 1.165) is 0 Å². The van der Waals surface area contributed by atoms with Crippen molar-refractivity contribution < 1.29 is 0 Å². The van der Waals surface area contributed by atoms with Gasteiger partial charge in [-0.05, 0) is 53.4 Å². The zero-order valence-electron chi connectivity index (χ0n) is 12.8.